The summed E-state index contributed by atoms with van der Waals surface area (Å²) < 4.78 is 47.6. The summed E-state index contributed by atoms with van der Waals surface area (Å²) >= 11 is 6.37. The molecule has 1 fully saturated rings. The van der Waals surface area contributed by atoms with Crippen LogP contribution in [0.15, 0.2) is 42.6 Å². The summed E-state index contributed by atoms with van der Waals surface area (Å²) in [6.45, 7) is 2.75. The first-order chi connectivity index (χ1) is 17.3. The van der Waals surface area contributed by atoms with Crippen LogP contribution in [-0.2, 0) is 0 Å². The van der Waals surface area contributed by atoms with Crippen LogP contribution in [-0.4, -0.2) is 54.9 Å². The molecule has 5 nitrogen and oxygen atoms in total. The normalized spacial score (nSPS) is 16.7. The van der Waals surface area contributed by atoms with Crippen molar-refractivity contribution in [2.45, 2.75) is 31.9 Å². The monoisotopic (exact) mass is 521 g/mol. The van der Waals surface area contributed by atoms with Gasteiger partial charge in [-0.25, -0.2) is 13.2 Å². The minimum absolute atomic E-state index is 0.00692. The number of rotatable bonds is 10. The number of aliphatic hydroxyl groups is 1. The maximum Gasteiger partial charge on any atom is 0.128 e. The second-order valence-corrected chi connectivity index (χ2v) is 9.90. The van der Waals surface area contributed by atoms with E-state index in [1.54, 1.807) is 25.3 Å². The number of hydrogen-bond donors (Lipinski definition) is 2. The van der Waals surface area contributed by atoms with Gasteiger partial charge in [-0.3, -0.25) is 4.98 Å². The summed E-state index contributed by atoms with van der Waals surface area (Å²) in [7, 11) is 1.56. The fourth-order valence-corrected chi connectivity index (χ4v) is 5.21. The number of ether oxygens (including phenoxy) is 1. The standard InChI is InChI=1S/C27H31ClF3N3O2/c1-36-21-2-3-25-22(15-21)26(23(28)16-33-25)24(31)4-5-27(17-35)6-9-34(10-7-27)11-8-32-20-13-18(29)12-19(30)14-20/h2-3,12-16,24,32,35H,4-11,17H2,1H3/t24-/m0/s1. The zero-order valence-electron chi connectivity index (χ0n) is 20.2. The van der Waals surface area contributed by atoms with Gasteiger partial charge in [0.1, 0.15) is 23.6 Å². The summed E-state index contributed by atoms with van der Waals surface area (Å²) in [4.78, 5) is 6.54. The zero-order chi connectivity index (χ0) is 25.7. The highest BCUT2D eigenvalue weighted by molar-refractivity contribution is 6.32. The Morgan fingerprint density at radius 3 is 2.56 bits per heavy atom. The van der Waals surface area contributed by atoms with E-state index in [0.29, 0.717) is 47.4 Å². The topological polar surface area (TPSA) is 57.6 Å². The highest BCUT2D eigenvalue weighted by atomic mass is 35.5. The number of piperidine rings is 1. The third-order valence-electron chi connectivity index (χ3n) is 7.18. The fourth-order valence-electron chi connectivity index (χ4n) is 4.94. The second-order valence-electron chi connectivity index (χ2n) is 9.49. The Balaban J connectivity index is 1.33. The van der Waals surface area contributed by atoms with E-state index in [0.717, 1.165) is 32.0 Å². The highest BCUT2D eigenvalue weighted by Crippen LogP contribution is 2.41. The first-order valence-electron chi connectivity index (χ1n) is 12.1. The van der Waals surface area contributed by atoms with Gasteiger partial charge in [0.05, 0.1) is 17.6 Å². The first kappa shape index (κ1) is 26.5. The van der Waals surface area contributed by atoms with E-state index in [1.807, 2.05) is 0 Å². The highest BCUT2D eigenvalue weighted by Gasteiger charge is 2.35. The summed E-state index contributed by atoms with van der Waals surface area (Å²) in [6.07, 6.45) is 2.43. The van der Waals surface area contributed by atoms with Crippen molar-refractivity contribution in [3.63, 3.8) is 0 Å². The van der Waals surface area contributed by atoms with Crippen LogP contribution in [0.1, 0.15) is 37.4 Å². The van der Waals surface area contributed by atoms with Crippen molar-refractivity contribution >= 4 is 28.2 Å². The largest absolute Gasteiger partial charge is 0.497 e. The molecule has 1 aliphatic heterocycles. The van der Waals surface area contributed by atoms with Crippen LogP contribution in [0.4, 0.5) is 18.9 Å². The number of methoxy groups -OCH3 is 1. The van der Waals surface area contributed by atoms with Gasteiger partial charge in [0, 0.05) is 48.6 Å². The van der Waals surface area contributed by atoms with Gasteiger partial charge in [0.25, 0.3) is 0 Å². The first-order valence-corrected chi connectivity index (χ1v) is 12.5. The molecule has 0 saturated carbocycles. The lowest BCUT2D eigenvalue weighted by molar-refractivity contribution is 0.0315. The number of benzene rings is 2. The van der Waals surface area contributed by atoms with E-state index in [2.05, 4.69) is 15.2 Å². The van der Waals surface area contributed by atoms with E-state index < -0.39 is 17.8 Å². The van der Waals surface area contributed by atoms with Crippen molar-refractivity contribution in [1.82, 2.24) is 9.88 Å². The SMILES string of the molecule is COc1ccc2ncc(Cl)c([C@@H](F)CCC3(CO)CCN(CCNc4cc(F)cc(F)c4)CC3)c2c1. The lowest BCUT2D eigenvalue weighted by Gasteiger charge is -2.41. The lowest BCUT2D eigenvalue weighted by Crippen LogP contribution is -2.43. The third-order valence-corrected chi connectivity index (χ3v) is 7.48. The molecule has 194 valence electrons. The Morgan fingerprint density at radius 1 is 1.17 bits per heavy atom. The van der Waals surface area contributed by atoms with Gasteiger partial charge in [0.15, 0.2) is 0 Å². The minimum Gasteiger partial charge on any atom is -0.497 e. The van der Waals surface area contributed by atoms with Crippen molar-refractivity contribution in [3.05, 3.63) is 64.8 Å². The molecule has 9 heteroatoms. The number of aliphatic hydroxyl groups excluding tert-OH is 1. The van der Waals surface area contributed by atoms with Gasteiger partial charge >= 0.3 is 0 Å². The van der Waals surface area contributed by atoms with Crippen LogP contribution < -0.4 is 10.1 Å². The summed E-state index contributed by atoms with van der Waals surface area (Å²) in [6, 6.07) is 8.68. The molecule has 1 aromatic heterocycles. The Labute approximate surface area is 214 Å². The van der Waals surface area contributed by atoms with Crippen molar-refractivity contribution in [3.8, 4) is 5.75 Å². The van der Waals surface area contributed by atoms with E-state index in [-0.39, 0.29) is 23.5 Å². The summed E-state index contributed by atoms with van der Waals surface area (Å²) in [5, 5.41) is 14.2. The Kier molecular flexibility index (Phi) is 8.59. The Bertz CT molecular complexity index is 1170. The lowest BCUT2D eigenvalue weighted by atomic mass is 9.74. The number of aromatic nitrogens is 1. The molecule has 1 atom stereocenters. The molecule has 36 heavy (non-hydrogen) atoms. The Hall–Kier alpha value is -2.55. The van der Waals surface area contributed by atoms with Crippen LogP contribution in [0.25, 0.3) is 10.9 Å². The minimum atomic E-state index is -1.30. The quantitative estimate of drug-likeness (QED) is 0.335. The fraction of sp³-hybridized carbons (Fsp3) is 0.444. The maximum atomic E-state index is 15.6. The molecule has 0 radical (unpaired) electrons. The number of likely N-dealkylation sites (tertiary alicyclic amines) is 1. The molecule has 2 N–H and O–H groups in total. The second kappa shape index (κ2) is 11.7. The van der Waals surface area contributed by atoms with Crippen LogP contribution >= 0.6 is 11.6 Å². The number of alkyl halides is 1. The van der Waals surface area contributed by atoms with Crippen molar-refractivity contribution in [2.75, 3.05) is 45.2 Å². The molecule has 0 aliphatic carbocycles. The van der Waals surface area contributed by atoms with Crippen molar-refractivity contribution < 1.29 is 23.0 Å². The zero-order valence-corrected chi connectivity index (χ0v) is 21.0. The van der Waals surface area contributed by atoms with Gasteiger partial charge < -0.3 is 20.1 Å². The molecule has 3 aromatic rings. The number of hydrogen-bond acceptors (Lipinski definition) is 5. The molecule has 4 rings (SSSR count). The maximum absolute atomic E-state index is 15.6. The smallest absolute Gasteiger partial charge is 0.128 e. The molecule has 1 saturated heterocycles. The molecule has 0 unspecified atom stereocenters. The van der Waals surface area contributed by atoms with Gasteiger partial charge in [-0.1, -0.05) is 11.6 Å². The van der Waals surface area contributed by atoms with Crippen LogP contribution in [0.5, 0.6) is 5.75 Å². The number of nitrogens with one attached hydrogen (secondary N) is 1. The number of nitrogens with zero attached hydrogens (tertiary/aromatic N) is 2. The number of fused-ring (bicyclic) bond motifs is 1. The van der Waals surface area contributed by atoms with E-state index in [9.17, 15) is 13.9 Å². The third kappa shape index (κ3) is 6.22. The van der Waals surface area contributed by atoms with Crippen molar-refractivity contribution in [1.29, 1.82) is 0 Å². The predicted octanol–water partition coefficient (Wildman–Crippen LogP) is 6.15. The number of pyridine rings is 1. The van der Waals surface area contributed by atoms with Crippen LogP contribution in [0.3, 0.4) is 0 Å². The average molecular weight is 522 g/mol. The molecular formula is C27H31ClF3N3O2. The van der Waals surface area contributed by atoms with Gasteiger partial charge in [-0.05, 0) is 74.5 Å². The Morgan fingerprint density at radius 2 is 1.89 bits per heavy atom. The molecule has 0 bridgehead atoms. The number of halogens is 4. The summed E-state index contributed by atoms with van der Waals surface area (Å²) in [5.74, 6) is -0.625. The molecule has 2 aromatic carbocycles. The van der Waals surface area contributed by atoms with Crippen molar-refractivity contribution in [2.24, 2.45) is 5.41 Å². The molecule has 2 heterocycles. The van der Waals surface area contributed by atoms with Gasteiger partial charge in [0.2, 0.25) is 0 Å². The average Bonchev–Trinajstić information content (AvgIpc) is 2.87. The van der Waals surface area contributed by atoms with Crippen LogP contribution in [0.2, 0.25) is 5.02 Å². The predicted molar refractivity (Wildman–Crippen MR) is 136 cm³/mol. The summed E-state index contributed by atoms with van der Waals surface area (Å²) in [5.41, 5.74) is 1.11. The van der Waals surface area contributed by atoms with Crippen LogP contribution in [0, 0.1) is 17.0 Å². The number of anilines is 1. The van der Waals surface area contributed by atoms with Gasteiger partial charge in [-0.2, -0.15) is 0 Å². The van der Waals surface area contributed by atoms with E-state index in [1.165, 1.54) is 18.3 Å². The molecule has 1 aliphatic rings. The molecule has 0 spiro atoms. The van der Waals surface area contributed by atoms with Gasteiger partial charge in [-0.15, -0.1) is 0 Å². The van der Waals surface area contributed by atoms with E-state index in [4.69, 9.17) is 16.3 Å². The van der Waals surface area contributed by atoms with E-state index >= 15 is 4.39 Å². The molecular weight excluding hydrogens is 491 g/mol. The molecule has 0 amide bonds.